The van der Waals surface area contributed by atoms with Gasteiger partial charge in [0.05, 0.1) is 6.61 Å². The molecule has 1 aliphatic rings. The predicted octanol–water partition coefficient (Wildman–Crippen LogP) is 7.14. The number of unbranched alkanes of at least 4 members (excludes halogenated alkanes) is 1. The molecular weight excluding hydrogens is 450 g/mol. The van der Waals surface area contributed by atoms with Gasteiger partial charge in [0.25, 0.3) is 0 Å². The second-order valence-electron chi connectivity index (χ2n) is 10.4. The van der Waals surface area contributed by atoms with Gasteiger partial charge in [-0.05, 0) is 81.7 Å². The molecule has 2 atom stereocenters. The van der Waals surface area contributed by atoms with Gasteiger partial charge in [0, 0.05) is 31.2 Å². The van der Waals surface area contributed by atoms with Crippen molar-refractivity contribution in [3.8, 4) is 0 Å². The number of carbonyl (C=O) groups excluding carboxylic acids is 2. The van der Waals surface area contributed by atoms with E-state index in [1.54, 1.807) is 6.08 Å². The molecule has 36 heavy (non-hydrogen) atoms. The third-order valence-electron chi connectivity index (χ3n) is 6.02. The van der Waals surface area contributed by atoms with Crippen molar-refractivity contribution in [3.05, 3.63) is 72.2 Å². The van der Waals surface area contributed by atoms with E-state index >= 15 is 0 Å². The van der Waals surface area contributed by atoms with E-state index in [1.807, 2.05) is 53.0 Å². The minimum Gasteiger partial charge on any atom is -0.494 e. The molecule has 0 amide bonds. The maximum absolute atomic E-state index is 12.7. The number of hydrogen-bond acceptors (Lipinski definition) is 5. The fraction of sp³-hybridized carbons (Fsp3) is 0.548. The lowest BCUT2D eigenvalue weighted by molar-refractivity contribution is -0.150. The molecule has 0 aromatic rings. The Morgan fingerprint density at radius 3 is 2.53 bits per heavy atom. The highest BCUT2D eigenvalue weighted by atomic mass is 16.6. The first-order valence-corrected chi connectivity index (χ1v) is 13.2. The smallest absolute Gasteiger partial charge is 0.334 e. The van der Waals surface area contributed by atoms with E-state index in [-0.39, 0.29) is 11.7 Å². The number of esters is 1. The van der Waals surface area contributed by atoms with Crippen LogP contribution in [-0.2, 0) is 19.1 Å². The fourth-order valence-corrected chi connectivity index (χ4v) is 3.85. The number of hydrogen-bond donors (Lipinski definition) is 1. The van der Waals surface area contributed by atoms with Crippen LogP contribution in [0.15, 0.2) is 72.2 Å². The zero-order chi connectivity index (χ0) is 27.1. The quantitative estimate of drug-likeness (QED) is 0.139. The second kappa shape index (κ2) is 16.0. The normalized spacial score (nSPS) is 15.7. The lowest BCUT2D eigenvalue weighted by atomic mass is 9.91. The average molecular weight is 498 g/mol. The lowest BCUT2D eigenvalue weighted by Gasteiger charge is -2.22. The van der Waals surface area contributed by atoms with Gasteiger partial charge in [0.15, 0.2) is 0 Å². The first-order chi connectivity index (χ1) is 17.0. The molecule has 1 aliphatic carbocycles. The standard InChI is InChI=1S/C31H47NO4/c1-9-11-14-25(17-19-27(33)21-23(3)24(4)30(34)36-31(5,6)7)22-35-28-16-12-15-26(18-20-28)29(32-8)13-10-2/h10,13,15-16,18,20,23,25,32H,2,4,9,11-12,14,17,19,21-22H2,1,3,5-8H3/b29-13-/t23-,25+/m0/s1. The number of rotatable bonds is 16. The first-order valence-electron chi connectivity index (χ1n) is 13.2. The van der Waals surface area contributed by atoms with Gasteiger partial charge in [-0.3, -0.25) is 4.79 Å². The molecule has 0 fully saturated rings. The van der Waals surface area contributed by atoms with Crippen LogP contribution >= 0.6 is 0 Å². The number of ketones is 1. The summed E-state index contributed by atoms with van der Waals surface area (Å²) in [5.41, 5.74) is 1.89. The van der Waals surface area contributed by atoms with Crippen LogP contribution in [0.3, 0.4) is 0 Å². The Labute approximate surface area is 219 Å². The van der Waals surface area contributed by atoms with Crippen molar-refractivity contribution in [1.29, 1.82) is 0 Å². The zero-order valence-corrected chi connectivity index (χ0v) is 23.3. The van der Waals surface area contributed by atoms with Gasteiger partial charge in [0.2, 0.25) is 0 Å². The summed E-state index contributed by atoms with van der Waals surface area (Å²) in [4.78, 5) is 25.0. The highest BCUT2D eigenvalue weighted by Gasteiger charge is 2.24. The molecule has 200 valence electrons. The van der Waals surface area contributed by atoms with E-state index in [0.29, 0.717) is 30.9 Å². The molecule has 0 spiro atoms. The number of likely N-dealkylation sites (N-methyl/N-ethyl adjacent to an activating group) is 1. The minimum absolute atomic E-state index is 0.143. The topological polar surface area (TPSA) is 64.6 Å². The summed E-state index contributed by atoms with van der Waals surface area (Å²) in [5, 5.41) is 3.20. The third kappa shape index (κ3) is 12.2. The van der Waals surface area contributed by atoms with Crippen molar-refractivity contribution < 1.29 is 19.1 Å². The number of nitrogens with one attached hydrogen (secondary N) is 1. The summed E-state index contributed by atoms with van der Waals surface area (Å²) in [6.07, 6.45) is 17.6. The van der Waals surface area contributed by atoms with Gasteiger partial charge in [0.1, 0.15) is 17.1 Å². The van der Waals surface area contributed by atoms with Crippen molar-refractivity contribution in [2.24, 2.45) is 11.8 Å². The third-order valence-corrected chi connectivity index (χ3v) is 6.02. The first kappa shape index (κ1) is 31.2. The van der Waals surface area contributed by atoms with Crippen molar-refractivity contribution in [3.63, 3.8) is 0 Å². The highest BCUT2D eigenvalue weighted by Crippen LogP contribution is 2.23. The Bertz CT molecular complexity index is 883. The Balaban J connectivity index is 2.62. The van der Waals surface area contributed by atoms with Crippen LogP contribution in [0.5, 0.6) is 0 Å². The maximum atomic E-state index is 12.7. The fourth-order valence-electron chi connectivity index (χ4n) is 3.85. The number of allylic oxidation sites excluding steroid dienone is 6. The Morgan fingerprint density at radius 1 is 1.19 bits per heavy atom. The molecule has 1 N–H and O–H groups in total. The van der Waals surface area contributed by atoms with Crippen LogP contribution in [0, 0.1) is 11.8 Å². The van der Waals surface area contributed by atoms with Crippen LogP contribution in [0.4, 0.5) is 0 Å². The molecule has 0 aromatic heterocycles. The second-order valence-corrected chi connectivity index (χ2v) is 10.4. The number of ether oxygens (including phenoxy) is 2. The van der Waals surface area contributed by atoms with Gasteiger partial charge >= 0.3 is 5.97 Å². The summed E-state index contributed by atoms with van der Waals surface area (Å²) in [7, 11) is 1.90. The van der Waals surface area contributed by atoms with Crippen molar-refractivity contribution >= 4 is 11.8 Å². The molecule has 0 aliphatic heterocycles. The zero-order valence-electron chi connectivity index (χ0n) is 23.3. The molecule has 0 radical (unpaired) electrons. The molecule has 0 heterocycles. The molecule has 0 bridgehead atoms. The lowest BCUT2D eigenvalue weighted by Crippen LogP contribution is -2.26. The highest BCUT2D eigenvalue weighted by molar-refractivity contribution is 5.90. The molecule has 1 rings (SSSR count). The largest absolute Gasteiger partial charge is 0.494 e. The van der Waals surface area contributed by atoms with E-state index in [1.165, 1.54) is 0 Å². The van der Waals surface area contributed by atoms with Gasteiger partial charge in [-0.1, -0.05) is 52.0 Å². The number of Topliss-reactive ketones (excluding diaryl/α,β-unsaturated/α-hetero) is 1. The predicted molar refractivity (Wildman–Crippen MR) is 149 cm³/mol. The van der Waals surface area contributed by atoms with Crippen molar-refractivity contribution in [2.45, 2.75) is 85.2 Å². The van der Waals surface area contributed by atoms with Crippen molar-refractivity contribution in [2.75, 3.05) is 13.7 Å². The molecule has 0 saturated carbocycles. The molecule has 0 aromatic carbocycles. The van der Waals surface area contributed by atoms with E-state index in [9.17, 15) is 9.59 Å². The molecular formula is C31H47NO4. The summed E-state index contributed by atoms with van der Waals surface area (Å²) >= 11 is 0. The van der Waals surface area contributed by atoms with E-state index in [2.05, 4.69) is 37.6 Å². The number of carbonyl (C=O) groups is 2. The van der Waals surface area contributed by atoms with Crippen LogP contribution in [0.25, 0.3) is 0 Å². The van der Waals surface area contributed by atoms with Gasteiger partial charge in [-0.2, -0.15) is 0 Å². The Hall–Kier alpha value is -2.82. The monoisotopic (exact) mass is 497 g/mol. The molecule has 0 unspecified atom stereocenters. The van der Waals surface area contributed by atoms with Crippen LogP contribution in [0.2, 0.25) is 0 Å². The van der Waals surface area contributed by atoms with E-state index in [0.717, 1.165) is 49.1 Å². The van der Waals surface area contributed by atoms with E-state index in [4.69, 9.17) is 9.47 Å². The summed E-state index contributed by atoms with van der Waals surface area (Å²) in [6.45, 7) is 17.7. The van der Waals surface area contributed by atoms with Crippen LogP contribution < -0.4 is 5.32 Å². The van der Waals surface area contributed by atoms with Crippen LogP contribution in [0.1, 0.15) is 79.6 Å². The Morgan fingerprint density at radius 2 is 1.92 bits per heavy atom. The molecule has 0 saturated heterocycles. The molecule has 5 heteroatoms. The van der Waals surface area contributed by atoms with Crippen LogP contribution in [-0.4, -0.2) is 31.0 Å². The minimum atomic E-state index is -0.576. The summed E-state index contributed by atoms with van der Waals surface area (Å²) < 4.78 is 11.6. The average Bonchev–Trinajstić information content (AvgIpc) is 3.06. The maximum Gasteiger partial charge on any atom is 0.334 e. The summed E-state index contributed by atoms with van der Waals surface area (Å²) in [6, 6.07) is 0. The molecule has 5 nitrogen and oxygen atoms in total. The van der Waals surface area contributed by atoms with Crippen molar-refractivity contribution in [1.82, 2.24) is 5.32 Å². The Kier molecular flexibility index (Phi) is 13.9. The SMILES string of the molecule is C=C/C=C(\NC)C1=CCC=C(OC[C@H](CCCC)CCC(=O)C[C@H](C)C(=C)C(=O)OC(C)(C)C)C=C1. The van der Waals surface area contributed by atoms with Gasteiger partial charge < -0.3 is 14.8 Å². The van der Waals surface area contributed by atoms with Gasteiger partial charge in [-0.15, -0.1) is 0 Å². The van der Waals surface area contributed by atoms with Gasteiger partial charge in [-0.25, -0.2) is 4.79 Å². The van der Waals surface area contributed by atoms with E-state index < -0.39 is 11.6 Å². The summed E-state index contributed by atoms with van der Waals surface area (Å²) in [5.74, 6) is 0.631.